The van der Waals surface area contributed by atoms with Gasteiger partial charge in [0.1, 0.15) is 0 Å². The fourth-order valence-electron chi connectivity index (χ4n) is 1.43. The molecule has 0 atom stereocenters. The van der Waals surface area contributed by atoms with Gasteiger partial charge >= 0.3 is 108 Å². The second kappa shape index (κ2) is 24.5. The van der Waals surface area contributed by atoms with Crippen molar-refractivity contribution in [2.45, 2.75) is 36.9 Å². The van der Waals surface area contributed by atoms with Crippen LogP contribution in [0.5, 0.6) is 0 Å². The Balaban J connectivity index is -0.0000000505. The van der Waals surface area contributed by atoms with Gasteiger partial charge < -0.3 is 46.3 Å². The molecule has 0 aliphatic carbocycles. The maximum absolute atomic E-state index is 10.3. The van der Waals surface area contributed by atoms with Crippen molar-refractivity contribution in [2.75, 3.05) is 0 Å². The Labute approximate surface area is 256 Å². The molecule has 0 saturated carbocycles. The van der Waals surface area contributed by atoms with E-state index >= 15 is 0 Å². The van der Waals surface area contributed by atoms with Gasteiger partial charge in [-0.1, -0.05) is 0 Å². The van der Waals surface area contributed by atoms with Crippen LogP contribution in [0.2, 0.25) is 0 Å². The second-order valence-corrected chi connectivity index (χ2v) is 4.96. The van der Waals surface area contributed by atoms with Crippen molar-refractivity contribution in [3.8, 4) is 0 Å². The molecule has 0 aliphatic rings. The van der Waals surface area contributed by atoms with Crippen LogP contribution in [0.25, 0.3) is 0 Å². The van der Waals surface area contributed by atoms with Gasteiger partial charge in [0.05, 0.1) is 25.7 Å². The minimum absolute atomic E-state index is 0. The van der Waals surface area contributed by atoms with Gasteiger partial charge in [-0.2, -0.15) is 0 Å². The maximum Gasteiger partial charge on any atom is 0 e. The maximum atomic E-state index is 10.3. The zero-order valence-corrected chi connectivity index (χ0v) is 34.9. The van der Waals surface area contributed by atoms with Gasteiger partial charge in [-0.05, 0) is 0 Å². The molecule has 0 saturated heterocycles. The quantitative estimate of drug-likeness (QED) is 0.0948. The van der Waals surface area contributed by atoms with E-state index in [-0.39, 0.29) is 116 Å². The predicted octanol–water partition coefficient (Wildman–Crippen LogP) is -6.08. The van der Waals surface area contributed by atoms with Crippen LogP contribution in [0.3, 0.4) is 0 Å². The first-order valence-corrected chi connectivity index (χ1v) is 6.34. The molecule has 10 N–H and O–H groups in total. The number of hydrogen-bond donors (Lipinski definition) is 8. The van der Waals surface area contributed by atoms with Crippen molar-refractivity contribution < 1.29 is 114 Å². The van der Waals surface area contributed by atoms with Crippen LogP contribution in [-0.2, 0) is 67.7 Å². The zero-order chi connectivity index (χ0) is 21.3. The van der Waals surface area contributed by atoms with Crippen LogP contribution in [0.15, 0.2) is 0 Å². The zero-order valence-electron chi connectivity index (χ0n) is 16.9. The van der Waals surface area contributed by atoms with Crippen LogP contribution in [-0.4, -0.2) is 165 Å². The summed E-state index contributed by atoms with van der Waals surface area (Å²) in [5.74, 6) is -10.0. The number of aliphatic carboxylic acids is 6. The molecule has 178 valence electrons. The summed E-state index contributed by atoms with van der Waals surface area (Å²) in [4.78, 5) is 61.0. The summed E-state index contributed by atoms with van der Waals surface area (Å²) >= 11 is 0. The second-order valence-electron chi connectivity index (χ2n) is 4.96. The van der Waals surface area contributed by atoms with Crippen LogP contribution in [0, 0.1) is 0 Å². The van der Waals surface area contributed by atoms with E-state index in [0.29, 0.717) is 0 Å². The number of carboxylic acid groups (broad SMARTS) is 6. The summed E-state index contributed by atoms with van der Waals surface area (Å²) in [5, 5.41) is 67.6. The monoisotopic (exact) mass is 896 g/mol. The van der Waals surface area contributed by atoms with Gasteiger partial charge in [0.25, 0.3) is 0 Å². The molecule has 6 radical (unpaired) electrons. The molecule has 20 heteroatoms. The summed E-state index contributed by atoms with van der Waals surface area (Å²) < 4.78 is 0. The van der Waals surface area contributed by atoms with E-state index in [1.165, 1.54) is 0 Å². The van der Waals surface area contributed by atoms with Crippen LogP contribution in [0.4, 0.5) is 0 Å². The van der Waals surface area contributed by atoms with Gasteiger partial charge in [0.15, 0.2) is 11.2 Å². The van der Waals surface area contributed by atoms with Crippen molar-refractivity contribution >= 4 is 108 Å². The van der Waals surface area contributed by atoms with E-state index in [0.717, 1.165) is 0 Å². The number of hydrogen-bond acceptors (Lipinski definition) is 8. The third-order valence-electron chi connectivity index (χ3n) is 2.57. The Kier molecular flexibility index (Phi) is 41.0. The van der Waals surface area contributed by atoms with E-state index in [2.05, 4.69) is 0 Å². The molecule has 0 bridgehead atoms. The number of aliphatic hydroxyl groups is 2. The third kappa shape index (κ3) is 25.0. The first-order chi connectivity index (χ1) is 11.6. The van der Waals surface area contributed by atoms with E-state index in [4.69, 9.17) is 40.9 Å². The Bertz CT molecular complexity index is 532. The van der Waals surface area contributed by atoms with E-state index < -0.39 is 72.7 Å². The molecule has 0 aromatic heterocycles. The fraction of sp³-hybridized carbons (Fsp3) is 0.500. The van der Waals surface area contributed by atoms with Gasteiger partial charge in [-0.15, -0.1) is 0 Å². The Morgan fingerprint density at radius 3 is 0.656 bits per heavy atom. The van der Waals surface area contributed by atoms with Gasteiger partial charge in [0, 0.05) is 39.0 Å². The van der Waals surface area contributed by atoms with Crippen molar-refractivity contribution in [3.63, 3.8) is 0 Å². The normalized spacial score (nSPS) is 8.81. The van der Waals surface area contributed by atoms with Gasteiger partial charge in [-0.3, -0.25) is 19.2 Å². The number of rotatable bonds is 10. The average Bonchev–Trinajstić information content (AvgIpc) is 2.34. The summed E-state index contributed by atoms with van der Waals surface area (Å²) in [6, 6.07) is 0. The molecule has 0 amide bonds. The minimum atomic E-state index is -2.74. The summed E-state index contributed by atoms with van der Waals surface area (Å²) in [6.45, 7) is 0. The van der Waals surface area contributed by atoms with E-state index in [1.54, 1.807) is 0 Å². The Morgan fingerprint density at radius 2 is 0.594 bits per heavy atom. The topological polar surface area (TPSA) is 296 Å². The standard InChI is InChI=1S/2C6H8O7.H2O.3Sn.2Zn.6H/c2*7-3(8)1-6(13,5(11)12)2-4(9)10;;;;;;;;;;;;/h2*13H,1-2H2,(H,7,8)(H,9,10)(H,11,12);1H2;;;;;;;;;;;. The SMILES string of the molecule is O.O=C(O)CC(O)(CC(=O)O)C(=O)O.O=C(O)CC(O)(CC(=O)O)C(=O)O.[SnH2].[SnH2].[SnH2].[Zn].[Zn]. The first-order valence-electron chi connectivity index (χ1n) is 6.34. The Hall–Kier alpha value is 0.343. The largest absolute Gasteiger partial charge is 0 e. The average molecular weight is 895 g/mol. The van der Waals surface area contributed by atoms with Gasteiger partial charge in [-0.25, -0.2) is 9.59 Å². The molecule has 0 spiro atoms. The molecule has 32 heavy (non-hydrogen) atoms. The molecule has 0 heterocycles. The summed E-state index contributed by atoms with van der Waals surface area (Å²) in [6.07, 6.45) is -4.58. The molecule has 15 nitrogen and oxygen atoms in total. The molecule has 0 fully saturated rings. The Morgan fingerprint density at radius 1 is 0.469 bits per heavy atom. The number of carboxylic acids is 6. The van der Waals surface area contributed by atoms with Crippen molar-refractivity contribution in [1.29, 1.82) is 0 Å². The predicted molar refractivity (Wildman–Crippen MR) is 103 cm³/mol. The molecular weight excluding hydrogens is 871 g/mol. The molecule has 0 unspecified atom stereocenters. The summed E-state index contributed by atoms with van der Waals surface area (Å²) in [5.41, 5.74) is -5.48. The van der Waals surface area contributed by atoms with E-state index in [9.17, 15) is 28.8 Å². The molecule has 0 rings (SSSR count). The van der Waals surface area contributed by atoms with Crippen LogP contribution >= 0.6 is 0 Å². The molecule has 0 aromatic rings. The van der Waals surface area contributed by atoms with E-state index in [1.807, 2.05) is 0 Å². The molecular formula is C12H24O15Sn3Zn2. The smallest absolute Gasteiger partial charge is 0 e. The molecule has 0 aromatic carbocycles. The van der Waals surface area contributed by atoms with Crippen molar-refractivity contribution in [1.82, 2.24) is 0 Å². The first kappa shape index (κ1) is 53.6. The van der Waals surface area contributed by atoms with Gasteiger partial charge in [0.2, 0.25) is 0 Å². The third-order valence-corrected chi connectivity index (χ3v) is 2.57. The van der Waals surface area contributed by atoms with Crippen molar-refractivity contribution in [2.24, 2.45) is 0 Å². The fourth-order valence-corrected chi connectivity index (χ4v) is 1.43. The summed E-state index contributed by atoms with van der Waals surface area (Å²) in [7, 11) is 0. The number of carbonyl (C=O) groups is 6. The van der Waals surface area contributed by atoms with Crippen LogP contribution in [0.1, 0.15) is 25.7 Å². The molecule has 0 aliphatic heterocycles. The minimum Gasteiger partial charge on any atom is 0 e. The van der Waals surface area contributed by atoms with Crippen molar-refractivity contribution in [3.05, 3.63) is 0 Å². The van der Waals surface area contributed by atoms with Crippen LogP contribution < -0.4 is 0 Å².